The zero-order valence-corrected chi connectivity index (χ0v) is 14.4. The van der Waals surface area contributed by atoms with Gasteiger partial charge in [-0.25, -0.2) is 8.42 Å². The van der Waals surface area contributed by atoms with E-state index < -0.39 is 9.84 Å². The molecule has 2 aliphatic rings. The minimum Gasteiger partial charge on any atom is -0.385 e. The van der Waals surface area contributed by atoms with Crippen LogP contribution in [0.15, 0.2) is 0 Å². The number of rotatable bonds is 7. The largest absolute Gasteiger partial charge is 0.385 e. The third-order valence-corrected chi connectivity index (χ3v) is 6.66. The van der Waals surface area contributed by atoms with Crippen molar-refractivity contribution in [2.24, 2.45) is 5.92 Å². The van der Waals surface area contributed by atoms with Gasteiger partial charge in [-0.2, -0.15) is 0 Å². The molecule has 0 bridgehead atoms. The van der Waals surface area contributed by atoms with Crippen molar-refractivity contribution in [2.45, 2.75) is 57.4 Å². The quantitative estimate of drug-likeness (QED) is 0.670. The monoisotopic (exact) mass is 331 g/mol. The van der Waals surface area contributed by atoms with Gasteiger partial charge in [0.2, 0.25) is 5.91 Å². The highest BCUT2D eigenvalue weighted by Gasteiger charge is 2.35. The van der Waals surface area contributed by atoms with E-state index in [0.29, 0.717) is 31.9 Å². The molecule has 128 valence electrons. The summed E-state index contributed by atoms with van der Waals surface area (Å²) in [7, 11) is -1.32. The Morgan fingerprint density at radius 1 is 1.18 bits per heavy atom. The number of hydrogen-bond acceptors (Lipinski definition) is 4. The van der Waals surface area contributed by atoms with E-state index in [2.05, 4.69) is 0 Å². The Morgan fingerprint density at radius 3 is 2.50 bits per heavy atom. The van der Waals surface area contributed by atoms with Crippen LogP contribution >= 0.6 is 0 Å². The van der Waals surface area contributed by atoms with E-state index in [0.717, 1.165) is 19.3 Å². The van der Waals surface area contributed by atoms with Gasteiger partial charge in [0.1, 0.15) is 0 Å². The molecule has 1 amide bonds. The minimum absolute atomic E-state index is 0.127. The molecule has 1 saturated carbocycles. The third kappa shape index (κ3) is 5.23. The highest BCUT2D eigenvalue weighted by atomic mass is 32.2. The molecule has 22 heavy (non-hydrogen) atoms. The molecular formula is C16H29NO4S. The number of sulfone groups is 1. The van der Waals surface area contributed by atoms with Crippen molar-refractivity contribution in [3.05, 3.63) is 0 Å². The number of methoxy groups -OCH3 is 1. The highest BCUT2D eigenvalue weighted by Crippen LogP contribution is 2.28. The Kier molecular flexibility index (Phi) is 6.68. The van der Waals surface area contributed by atoms with Crippen LogP contribution in [0.2, 0.25) is 0 Å². The lowest BCUT2D eigenvalue weighted by atomic mass is 9.86. The van der Waals surface area contributed by atoms with E-state index in [1.165, 1.54) is 19.3 Å². The zero-order valence-electron chi connectivity index (χ0n) is 13.6. The van der Waals surface area contributed by atoms with Gasteiger partial charge in [0.15, 0.2) is 9.84 Å². The van der Waals surface area contributed by atoms with E-state index >= 15 is 0 Å². The zero-order chi connectivity index (χ0) is 16.0. The molecule has 1 heterocycles. The van der Waals surface area contributed by atoms with E-state index in [1.54, 1.807) is 7.11 Å². The second-order valence-corrected chi connectivity index (χ2v) is 8.93. The summed E-state index contributed by atoms with van der Waals surface area (Å²) in [6.45, 7) is 1.21. The molecule has 1 aliphatic carbocycles. The van der Waals surface area contributed by atoms with E-state index in [9.17, 15) is 13.2 Å². The summed E-state index contributed by atoms with van der Waals surface area (Å²) in [5, 5.41) is 0. The first kappa shape index (κ1) is 17.7. The molecule has 0 N–H and O–H groups in total. The van der Waals surface area contributed by atoms with Gasteiger partial charge in [-0.3, -0.25) is 4.79 Å². The summed E-state index contributed by atoms with van der Waals surface area (Å²) >= 11 is 0. The lowest BCUT2D eigenvalue weighted by molar-refractivity contribution is -0.134. The molecule has 0 spiro atoms. The molecule has 6 heteroatoms. The number of hydrogen-bond donors (Lipinski definition) is 0. The molecule has 1 saturated heterocycles. The third-order valence-electron chi connectivity index (χ3n) is 4.91. The summed E-state index contributed by atoms with van der Waals surface area (Å²) < 4.78 is 28.5. The first-order valence-corrected chi connectivity index (χ1v) is 10.3. The van der Waals surface area contributed by atoms with Crippen molar-refractivity contribution < 1.29 is 17.9 Å². The standard InChI is InChI=1S/C16H29NO4S/c1-21-10-5-9-17(15-8-11-22(19,20)13-15)16(18)12-14-6-3-2-4-7-14/h14-15H,2-13H2,1H3. The maximum atomic E-state index is 12.7. The average Bonchev–Trinajstić information content (AvgIpc) is 2.84. The molecule has 0 aromatic heterocycles. The van der Waals surface area contributed by atoms with Crippen LogP contribution in [-0.2, 0) is 19.4 Å². The maximum Gasteiger partial charge on any atom is 0.223 e. The van der Waals surface area contributed by atoms with Crippen molar-refractivity contribution in [2.75, 3.05) is 31.8 Å². The molecule has 2 fully saturated rings. The van der Waals surface area contributed by atoms with Crippen molar-refractivity contribution in [1.29, 1.82) is 0 Å². The second kappa shape index (κ2) is 8.29. The normalized spacial score (nSPS) is 25.2. The van der Waals surface area contributed by atoms with Crippen LogP contribution in [0.5, 0.6) is 0 Å². The number of amides is 1. The van der Waals surface area contributed by atoms with E-state index in [1.807, 2.05) is 4.90 Å². The summed E-state index contributed by atoms with van der Waals surface area (Å²) in [6, 6.07) is -0.127. The topological polar surface area (TPSA) is 63.7 Å². The Balaban J connectivity index is 1.94. The molecular weight excluding hydrogens is 302 g/mol. The van der Waals surface area contributed by atoms with Gasteiger partial charge in [-0.05, 0) is 31.6 Å². The number of ether oxygens (including phenoxy) is 1. The van der Waals surface area contributed by atoms with Gasteiger partial charge >= 0.3 is 0 Å². The summed E-state index contributed by atoms with van der Waals surface area (Å²) in [5.74, 6) is 0.986. The fraction of sp³-hybridized carbons (Fsp3) is 0.938. The highest BCUT2D eigenvalue weighted by molar-refractivity contribution is 7.91. The predicted molar refractivity (Wildman–Crippen MR) is 86.5 cm³/mol. The van der Waals surface area contributed by atoms with Gasteiger partial charge in [0, 0.05) is 32.7 Å². The fourth-order valence-corrected chi connectivity index (χ4v) is 5.40. The average molecular weight is 331 g/mol. The van der Waals surface area contributed by atoms with Gasteiger partial charge in [-0.1, -0.05) is 19.3 Å². The Labute approximate surface area is 134 Å². The molecule has 0 radical (unpaired) electrons. The molecule has 1 aliphatic heterocycles. The van der Waals surface area contributed by atoms with Gasteiger partial charge in [0.05, 0.1) is 11.5 Å². The summed E-state index contributed by atoms with van der Waals surface area (Å²) in [5.41, 5.74) is 0. The SMILES string of the molecule is COCCCN(C(=O)CC1CCCCC1)C1CCS(=O)(=O)C1. The van der Waals surface area contributed by atoms with Crippen molar-refractivity contribution >= 4 is 15.7 Å². The number of carbonyl (C=O) groups excluding carboxylic acids is 1. The van der Waals surface area contributed by atoms with Crippen LogP contribution in [0.3, 0.4) is 0 Å². The fourth-order valence-electron chi connectivity index (χ4n) is 3.67. The first-order chi connectivity index (χ1) is 10.5. The predicted octanol–water partition coefficient (Wildman–Crippen LogP) is 2.01. The molecule has 0 aromatic rings. The smallest absolute Gasteiger partial charge is 0.223 e. The first-order valence-electron chi connectivity index (χ1n) is 8.50. The Morgan fingerprint density at radius 2 is 1.91 bits per heavy atom. The molecule has 1 atom stereocenters. The lowest BCUT2D eigenvalue weighted by Gasteiger charge is -2.31. The molecule has 0 aromatic carbocycles. The van der Waals surface area contributed by atoms with Crippen LogP contribution in [0.25, 0.3) is 0 Å². The Hall–Kier alpha value is -0.620. The van der Waals surface area contributed by atoms with Crippen molar-refractivity contribution in [3.63, 3.8) is 0 Å². The van der Waals surface area contributed by atoms with Crippen LogP contribution < -0.4 is 0 Å². The van der Waals surface area contributed by atoms with E-state index in [-0.39, 0.29) is 23.5 Å². The number of nitrogens with zero attached hydrogens (tertiary/aromatic N) is 1. The lowest BCUT2D eigenvalue weighted by Crippen LogP contribution is -2.42. The molecule has 5 nitrogen and oxygen atoms in total. The molecule has 2 rings (SSSR count). The summed E-state index contributed by atoms with van der Waals surface area (Å²) in [4.78, 5) is 14.5. The molecule has 1 unspecified atom stereocenters. The van der Waals surface area contributed by atoms with E-state index in [4.69, 9.17) is 4.74 Å². The van der Waals surface area contributed by atoms with Crippen molar-refractivity contribution in [3.8, 4) is 0 Å². The van der Waals surface area contributed by atoms with Crippen LogP contribution in [0.1, 0.15) is 51.4 Å². The van der Waals surface area contributed by atoms with Gasteiger partial charge in [0.25, 0.3) is 0 Å². The van der Waals surface area contributed by atoms with Gasteiger partial charge < -0.3 is 9.64 Å². The minimum atomic E-state index is -2.96. The van der Waals surface area contributed by atoms with Crippen LogP contribution in [-0.4, -0.2) is 57.0 Å². The maximum absolute atomic E-state index is 12.7. The van der Waals surface area contributed by atoms with Crippen molar-refractivity contribution in [1.82, 2.24) is 4.90 Å². The van der Waals surface area contributed by atoms with Crippen LogP contribution in [0.4, 0.5) is 0 Å². The Bertz CT molecular complexity index is 457. The van der Waals surface area contributed by atoms with Crippen LogP contribution in [0, 0.1) is 5.92 Å². The van der Waals surface area contributed by atoms with Gasteiger partial charge in [-0.15, -0.1) is 0 Å². The number of carbonyl (C=O) groups is 1. The summed E-state index contributed by atoms with van der Waals surface area (Å²) in [6.07, 6.45) is 7.95. The second-order valence-electron chi connectivity index (χ2n) is 6.70.